The summed E-state index contributed by atoms with van der Waals surface area (Å²) in [5.74, 6) is 1.52. The van der Waals surface area contributed by atoms with Crippen LogP contribution in [-0.2, 0) is 0 Å². The molecule has 0 saturated carbocycles. The number of methoxy groups -OCH3 is 2. The van der Waals surface area contributed by atoms with Crippen LogP contribution < -0.4 is 14.8 Å². The zero-order valence-corrected chi connectivity index (χ0v) is 11.0. The number of nitrogens with one attached hydrogen (secondary N) is 1. The van der Waals surface area contributed by atoms with Gasteiger partial charge in [-0.05, 0) is 32.4 Å². The Morgan fingerprint density at radius 3 is 2.24 bits per heavy atom. The van der Waals surface area contributed by atoms with Gasteiger partial charge in [0.1, 0.15) is 0 Å². The lowest BCUT2D eigenvalue weighted by molar-refractivity contribution is 0.355. The van der Waals surface area contributed by atoms with Crippen LogP contribution in [0, 0.1) is 0 Å². The Morgan fingerprint density at radius 2 is 1.65 bits per heavy atom. The standard InChI is InChI=1S/C14H19NO2/c1-9-8-14(2,3)15-11-7-13(17-5)12(16-4)6-10(9)11/h6-8,15H,1-5H3. The Bertz CT molecular complexity index is 475. The topological polar surface area (TPSA) is 30.5 Å². The molecule has 1 aliphatic rings. The van der Waals surface area contributed by atoms with Gasteiger partial charge in [0.05, 0.1) is 19.8 Å². The van der Waals surface area contributed by atoms with Crippen LogP contribution in [-0.4, -0.2) is 19.8 Å². The van der Waals surface area contributed by atoms with Crippen molar-refractivity contribution in [1.29, 1.82) is 0 Å². The Kier molecular flexibility index (Phi) is 2.77. The molecule has 1 heterocycles. The first kappa shape index (κ1) is 11.8. The number of benzene rings is 1. The van der Waals surface area contributed by atoms with Crippen molar-refractivity contribution in [2.75, 3.05) is 19.5 Å². The molecule has 0 aromatic heterocycles. The zero-order chi connectivity index (χ0) is 12.6. The predicted molar refractivity (Wildman–Crippen MR) is 70.9 cm³/mol. The van der Waals surface area contributed by atoms with Crippen molar-refractivity contribution in [2.24, 2.45) is 0 Å². The van der Waals surface area contributed by atoms with Crippen LogP contribution in [0.3, 0.4) is 0 Å². The van der Waals surface area contributed by atoms with E-state index in [2.05, 4.69) is 32.2 Å². The van der Waals surface area contributed by atoms with Crippen molar-refractivity contribution < 1.29 is 9.47 Å². The van der Waals surface area contributed by atoms with E-state index in [1.165, 1.54) is 11.1 Å². The quantitative estimate of drug-likeness (QED) is 0.850. The lowest BCUT2D eigenvalue weighted by atomic mass is 9.91. The van der Waals surface area contributed by atoms with Crippen LogP contribution in [0.1, 0.15) is 26.3 Å². The Balaban J connectivity index is 2.57. The zero-order valence-electron chi connectivity index (χ0n) is 11.0. The third-order valence-electron chi connectivity index (χ3n) is 2.98. The monoisotopic (exact) mass is 233 g/mol. The Labute approximate surface area is 102 Å². The third kappa shape index (κ3) is 2.09. The number of rotatable bonds is 2. The number of anilines is 1. The van der Waals surface area contributed by atoms with Crippen LogP contribution in [0.4, 0.5) is 5.69 Å². The smallest absolute Gasteiger partial charge is 0.162 e. The van der Waals surface area contributed by atoms with E-state index in [0.717, 1.165) is 17.2 Å². The van der Waals surface area contributed by atoms with Crippen LogP contribution in [0.25, 0.3) is 5.57 Å². The van der Waals surface area contributed by atoms with Gasteiger partial charge < -0.3 is 14.8 Å². The van der Waals surface area contributed by atoms with Crippen molar-refractivity contribution in [3.63, 3.8) is 0 Å². The molecule has 1 aromatic carbocycles. The summed E-state index contributed by atoms with van der Waals surface area (Å²) >= 11 is 0. The average molecular weight is 233 g/mol. The molecule has 1 aliphatic heterocycles. The summed E-state index contributed by atoms with van der Waals surface area (Å²) in [6.07, 6.45) is 2.22. The maximum Gasteiger partial charge on any atom is 0.162 e. The lowest BCUT2D eigenvalue weighted by Gasteiger charge is -2.32. The van der Waals surface area contributed by atoms with Crippen LogP contribution in [0.5, 0.6) is 11.5 Å². The molecule has 0 aliphatic carbocycles. The second kappa shape index (κ2) is 3.99. The molecule has 2 rings (SSSR count). The first-order valence-electron chi connectivity index (χ1n) is 5.71. The maximum absolute atomic E-state index is 5.32. The SMILES string of the molecule is COc1cc2c(cc1OC)C(C)=CC(C)(C)N2. The number of hydrogen-bond donors (Lipinski definition) is 1. The highest BCUT2D eigenvalue weighted by Crippen LogP contribution is 2.40. The van der Waals surface area contributed by atoms with Gasteiger partial charge in [-0.1, -0.05) is 6.08 Å². The fourth-order valence-corrected chi connectivity index (χ4v) is 2.31. The molecule has 0 saturated heterocycles. The van der Waals surface area contributed by atoms with Gasteiger partial charge in [0.25, 0.3) is 0 Å². The molecule has 0 fully saturated rings. The Morgan fingerprint density at radius 1 is 1.06 bits per heavy atom. The predicted octanol–water partition coefficient (Wildman–Crippen LogP) is 3.31. The van der Waals surface area contributed by atoms with Crippen LogP contribution in [0.2, 0.25) is 0 Å². The summed E-state index contributed by atoms with van der Waals surface area (Å²) in [4.78, 5) is 0. The minimum absolute atomic E-state index is 0.0311. The van der Waals surface area contributed by atoms with E-state index in [4.69, 9.17) is 9.47 Å². The number of ether oxygens (including phenoxy) is 2. The van der Waals surface area contributed by atoms with Crippen molar-refractivity contribution in [1.82, 2.24) is 0 Å². The maximum atomic E-state index is 5.32. The van der Waals surface area contributed by atoms with Gasteiger partial charge in [-0.15, -0.1) is 0 Å². The molecule has 0 spiro atoms. The molecule has 1 N–H and O–H groups in total. The van der Waals surface area contributed by atoms with Crippen molar-refractivity contribution in [3.05, 3.63) is 23.8 Å². The molecule has 0 unspecified atom stereocenters. The molecule has 3 nitrogen and oxygen atoms in total. The molecule has 0 atom stereocenters. The average Bonchev–Trinajstić information content (AvgIpc) is 2.26. The van der Waals surface area contributed by atoms with E-state index in [9.17, 15) is 0 Å². The fourth-order valence-electron chi connectivity index (χ4n) is 2.31. The molecule has 0 amide bonds. The molecule has 17 heavy (non-hydrogen) atoms. The first-order chi connectivity index (χ1) is 7.96. The highest BCUT2D eigenvalue weighted by Gasteiger charge is 2.24. The van der Waals surface area contributed by atoms with E-state index in [0.29, 0.717) is 0 Å². The number of hydrogen-bond acceptors (Lipinski definition) is 3. The molecule has 0 bridgehead atoms. The fraction of sp³-hybridized carbons (Fsp3) is 0.429. The van der Waals surface area contributed by atoms with Gasteiger partial charge in [-0.3, -0.25) is 0 Å². The summed E-state index contributed by atoms with van der Waals surface area (Å²) in [7, 11) is 3.31. The van der Waals surface area contributed by atoms with Gasteiger partial charge in [-0.25, -0.2) is 0 Å². The van der Waals surface area contributed by atoms with Gasteiger partial charge in [0.15, 0.2) is 11.5 Å². The molecular formula is C14H19NO2. The molecular weight excluding hydrogens is 214 g/mol. The first-order valence-corrected chi connectivity index (χ1v) is 5.71. The van der Waals surface area contributed by atoms with Crippen molar-refractivity contribution in [3.8, 4) is 11.5 Å². The minimum Gasteiger partial charge on any atom is -0.493 e. The normalized spacial score (nSPS) is 16.6. The summed E-state index contributed by atoms with van der Waals surface area (Å²) in [6.45, 7) is 6.42. The molecule has 1 aromatic rings. The van der Waals surface area contributed by atoms with E-state index < -0.39 is 0 Å². The van der Waals surface area contributed by atoms with E-state index >= 15 is 0 Å². The van der Waals surface area contributed by atoms with Crippen molar-refractivity contribution in [2.45, 2.75) is 26.3 Å². The Hall–Kier alpha value is -1.64. The van der Waals surface area contributed by atoms with E-state index in [1.807, 2.05) is 12.1 Å². The van der Waals surface area contributed by atoms with Gasteiger partial charge in [-0.2, -0.15) is 0 Å². The second-order valence-corrected chi connectivity index (χ2v) is 4.93. The highest BCUT2D eigenvalue weighted by molar-refractivity contribution is 5.82. The minimum atomic E-state index is -0.0311. The summed E-state index contributed by atoms with van der Waals surface area (Å²) in [6, 6.07) is 4.01. The summed E-state index contributed by atoms with van der Waals surface area (Å²) in [5, 5.41) is 3.48. The van der Waals surface area contributed by atoms with E-state index in [-0.39, 0.29) is 5.54 Å². The molecule has 92 valence electrons. The summed E-state index contributed by atoms with van der Waals surface area (Å²) in [5.41, 5.74) is 3.48. The largest absolute Gasteiger partial charge is 0.493 e. The number of allylic oxidation sites excluding steroid dienone is 1. The van der Waals surface area contributed by atoms with E-state index in [1.54, 1.807) is 14.2 Å². The van der Waals surface area contributed by atoms with Gasteiger partial charge in [0, 0.05) is 17.3 Å². The van der Waals surface area contributed by atoms with Crippen molar-refractivity contribution >= 4 is 11.3 Å². The third-order valence-corrected chi connectivity index (χ3v) is 2.98. The van der Waals surface area contributed by atoms with Crippen LogP contribution in [0.15, 0.2) is 18.2 Å². The molecule has 0 radical (unpaired) electrons. The van der Waals surface area contributed by atoms with Gasteiger partial charge >= 0.3 is 0 Å². The van der Waals surface area contributed by atoms with Crippen LogP contribution >= 0.6 is 0 Å². The molecule has 3 heteroatoms. The highest BCUT2D eigenvalue weighted by atomic mass is 16.5. The van der Waals surface area contributed by atoms with Gasteiger partial charge in [0.2, 0.25) is 0 Å². The summed E-state index contributed by atoms with van der Waals surface area (Å²) < 4.78 is 10.6. The second-order valence-electron chi connectivity index (χ2n) is 4.93. The lowest BCUT2D eigenvalue weighted by Crippen LogP contribution is -2.31. The number of fused-ring (bicyclic) bond motifs is 1.